The van der Waals surface area contributed by atoms with E-state index in [1.165, 1.54) is 0 Å². The molecule has 1 N–H and O–H groups in total. The summed E-state index contributed by atoms with van der Waals surface area (Å²) in [6.07, 6.45) is 0.934. The second-order valence-corrected chi connectivity index (χ2v) is 8.38. The zero-order valence-corrected chi connectivity index (χ0v) is 14.8. The van der Waals surface area contributed by atoms with Crippen molar-refractivity contribution in [3.8, 4) is 9.88 Å². The molecule has 2 heterocycles. The van der Waals surface area contributed by atoms with E-state index in [1.807, 2.05) is 0 Å². The standard InChI is InChI=1S/C11H13Br2N3S2/c1-6(2)14-4-3-9-15-16-11(18-9)8-5-7(12)10(13)17-8/h5-6,14H,3-4H2,1-2H3. The maximum Gasteiger partial charge on any atom is 0.157 e. The van der Waals surface area contributed by atoms with E-state index < -0.39 is 0 Å². The first-order valence-corrected chi connectivity index (χ1v) is 8.79. The van der Waals surface area contributed by atoms with Crippen LogP contribution in [0.2, 0.25) is 0 Å². The van der Waals surface area contributed by atoms with Crippen molar-refractivity contribution < 1.29 is 0 Å². The molecule has 0 radical (unpaired) electrons. The fraction of sp³-hybridized carbons (Fsp3) is 0.455. The van der Waals surface area contributed by atoms with Gasteiger partial charge in [-0.25, -0.2) is 0 Å². The summed E-state index contributed by atoms with van der Waals surface area (Å²) >= 11 is 10.3. The van der Waals surface area contributed by atoms with Crippen molar-refractivity contribution in [3.05, 3.63) is 19.3 Å². The Bertz CT molecular complexity index is 503. The molecule has 0 saturated carbocycles. The molecule has 0 fully saturated rings. The molecule has 0 saturated heterocycles. The minimum absolute atomic E-state index is 0.515. The minimum atomic E-state index is 0.515. The van der Waals surface area contributed by atoms with Crippen LogP contribution in [-0.4, -0.2) is 22.8 Å². The highest BCUT2D eigenvalue weighted by atomic mass is 79.9. The van der Waals surface area contributed by atoms with Gasteiger partial charge in [0.15, 0.2) is 5.01 Å². The number of aromatic nitrogens is 2. The van der Waals surface area contributed by atoms with E-state index in [4.69, 9.17) is 0 Å². The molecule has 0 bridgehead atoms. The Morgan fingerprint density at radius 2 is 2.06 bits per heavy atom. The molecule has 2 rings (SSSR count). The molecule has 3 nitrogen and oxygen atoms in total. The van der Waals surface area contributed by atoms with Gasteiger partial charge < -0.3 is 5.32 Å². The molecule has 0 spiro atoms. The van der Waals surface area contributed by atoms with Gasteiger partial charge in [0, 0.05) is 23.5 Å². The van der Waals surface area contributed by atoms with Crippen LogP contribution in [0.15, 0.2) is 14.3 Å². The zero-order valence-electron chi connectivity index (χ0n) is 10.0. The van der Waals surface area contributed by atoms with E-state index in [1.54, 1.807) is 22.7 Å². The van der Waals surface area contributed by atoms with Gasteiger partial charge in [0.2, 0.25) is 0 Å². The Hall–Kier alpha value is 0.180. The number of thiophene rings is 1. The predicted molar refractivity (Wildman–Crippen MR) is 85.5 cm³/mol. The number of halogens is 2. The van der Waals surface area contributed by atoms with E-state index in [-0.39, 0.29) is 0 Å². The van der Waals surface area contributed by atoms with E-state index >= 15 is 0 Å². The summed E-state index contributed by atoms with van der Waals surface area (Å²) in [7, 11) is 0. The average molecular weight is 411 g/mol. The molecule has 2 aromatic rings. The number of nitrogens with zero attached hydrogens (tertiary/aromatic N) is 2. The average Bonchev–Trinajstić information content (AvgIpc) is 2.87. The molecular formula is C11H13Br2N3S2. The fourth-order valence-electron chi connectivity index (χ4n) is 1.37. The number of nitrogens with one attached hydrogen (secondary N) is 1. The summed E-state index contributed by atoms with van der Waals surface area (Å²) < 4.78 is 2.16. The molecule has 2 aromatic heterocycles. The molecule has 98 valence electrons. The number of hydrogen-bond acceptors (Lipinski definition) is 5. The van der Waals surface area contributed by atoms with Crippen molar-refractivity contribution in [2.24, 2.45) is 0 Å². The number of hydrogen-bond donors (Lipinski definition) is 1. The van der Waals surface area contributed by atoms with Crippen LogP contribution in [0.3, 0.4) is 0 Å². The van der Waals surface area contributed by atoms with Gasteiger partial charge in [0.05, 0.1) is 8.66 Å². The second-order valence-electron chi connectivity index (χ2n) is 4.09. The van der Waals surface area contributed by atoms with Crippen LogP contribution < -0.4 is 5.32 Å². The Labute approximate surface area is 131 Å². The van der Waals surface area contributed by atoms with Crippen LogP contribution in [0, 0.1) is 0 Å². The van der Waals surface area contributed by atoms with Gasteiger partial charge in [0.1, 0.15) is 5.01 Å². The summed E-state index contributed by atoms with van der Waals surface area (Å²) in [4.78, 5) is 1.15. The largest absolute Gasteiger partial charge is 0.314 e. The normalized spacial score (nSPS) is 11.4. The van der Waals surface area contributed by atoms with E-state index in [2.05, 4.69) is 67.3 Å². The second kappa shape index (κ2) is 6.56. The van der Waals surface area contributed by atoms with E-state index in [9.17, 15) is 0 Å². The lowest BCUT2D eigenvalue weighted by Gasteiger charge is -2.04. The maximum absolute atomic E-state index is 4.25. The van der Waals surface area contributed by atoms with Gasteiger partial charge >= 0.3 is 0 Å². The third-order valence-corrected chi connectivity index (χ3v) is 6.62. The summed E-state index contributed by atoms with van der Waals surface area (Å²) in [5.41, 5.74) is 0. The minimum Gasteiger partial charge on any atom is -0.314 e. The van der Waals surface area contributed by atoms with Crippen LogP contribution in [0.25, 0.3) is 9.88 Å². The topological polar surface area (TPSA) is 37.8 Å². The molecule has 0 atom stereocenters. The van der Waals surface area contributed by atoms with Crippen molar-refractivity contribution >= 4 is 54.5 Å². The van der Waals surface area contributed by atoms with Crippen LogP contribution in [0.4, 0.5) is 0 Å². The first-order valence-electron chi connectivity index (χ1n) is 5.57. The molecular weight excluding hydrogens is 398 g/mol. The lowest BCUT2D eigenvalue weighted by atomic mass is 10.3. The van der Waals surface area contributed by atoms with Gasteiger partial charge in [-0.2, -0.15) is 0 Å². The highest BCUT2D eigenvalue weighted by Gasteiger charge is 2.11. The van der Waals surface area contributed by atoms with Crippen molar-refractivity contribution in [2.45, 2.75) is 26.3 Å². The first kappa shape index (κ1) is 14.6. The van der Waals surface area contributed by atoms with Gasteiger partial charge in [0.25, 0.3) is 0 Å². The molecule has 0 aromatic carbocycles. The summed E-state index contributed by atoms with van der Waals surface area (Å²) in [5, 5.41) is 13.9. The Morgan fingerprint density at radius 1 is 1.28 bits per heavy atom. The molecule has 0 aliphatic heterocycles. The van der Waals surface area contributed by atoms with Crippen molar-refractivity contribution in [3.63, 3.8) is 0 Å². The van der Waals surface area contributed by atoms with Crippen LogP contribution >= 0.6 is 54.5 Å². The first-order chi connectivity index (χ1) is 8.56. The smallest absolute Gasteiger partial charge is 0.157 e. The molecule has 0 amide bonds. The van der Waals surface area contributed by atoms with E-state index in [0.29, 0.717) is 6.04 Å². The highest BCUT2D eigenvalue weighted by molar-refractivity contribution is 9.13. The summed E-state index contributed by atoms with van der Waals surface area (Å²) in [6.45, 7) is 5.24. The van der Waals surface area contributed by atoms with Crippen LogP contribution in [0.1, 0.15) is 18.9 Å². The summed E-state index contributed by atoms with van der Waals surface area (Å²) in [6, 6.07) is 2.59. The molecule has 0 aliphatic carbocycles. The SMILES string of the molecule is CC(C)NCCc1nnc(-c2cc(Br)c(Br)s2)s1. The van der Waals surface area contributed by atoms with Gasteiger partial charge in [-0.1, -0.05) is 25.2 Å². The highest BCUT2D eigenvalue weighted by Crippen LogP contribution is 2.39. The molecule has 18 heavy (non-hydrogen) atoms. The molecule has 7 heteroatoms. The quantitative estimate of drug-likeness (QED) is 0.796. The maximum atomic E-state index is 4.25. The Kier molecular flexibility index (Phi) is 5.32. The molecule has 0 unspecified atom stereocenters. The number of rotatable bonds is 5. The Balaban J connectivity index is 2.01. The van der Waals surface area contributed by atoms with Crippen molar-refractivity contribution in [2.75, 3.05) is 6.54 Å². The summed E-state index contributed by atoms with van der Waals surface area (Å²) in [5.74, 6) is 0. The van der Waals surface area contributed by atoms with E-state index in [0.717, 1.165) is 36.1 Å². The van der Waals surface area contributed by atoms with Crippen LogP contribution in [0.5, 0.6) is 0 Å². The monoisotopic (exact) mass is 409 g/mol. The van der Waals surface area contributed by atoms with Crippen molar-refractivity contribution in [1.82, 2.24) is 15.5 Å². The third kappa shape index (κ3) is 3.84. The lowest BCUT2D eigenvalue weighted by Crippen LogP contribution is -2.24. The molecule has 0 aliphatic rings. The van der Waals surface area contributed by atoms with Crippen molar-refractivity contribution in [1.29, 1.82) is 0 Å². The van der Waals surface area contributed by atoms with Gasteiger partial charge in [-0.05, 0) is 37.9 Å². The fourth-order valence-corrected chi connectivity index (χ4v) is 4.29. The predicted octanol–water partition coefficient (Wildman–Crippen LogP) is 4.33. The zero-order chi connectivity index (χ0) is 13.1. The van der Waals surface area contributed by atoms with Gasteiger partial charge in [-0.3, -0.25) is 0 Å². The van der Waals surface area contributed by atoms with Gasteiger partial charge in [-0.15, -0.1) is 21.5 Å². The Morgan fingerprint density at radius 3 is 2.67 bits per heavy atom. The lowest BCUT2D eigenvalue weighted by molar-refractivity contribution is 0.588. The third-order valence-electron chi connectivity index (χ3n) is 2.21. The van der Waals surface area contributed by atoms with Crippen LogP contribution in [-0.2, 0) is 6.42 Å².